The van der Waals surface area contributed by atoms with E-state index in [1.54, 1.807) is 0 Å². The summed E-state index contributed by atoms with van der Waals surface area (Å²) < 4.78 is 23.2. The molecular weight excluding hydrogens is 260 g/mol. The third kappa shape index (κ3) is 4.72. The van der Waals surface area contributed by atoms with E-state index in [2.05, 4.69) is 17.1 Å². The SMILES string of the molecule is CCCNC1CCCC1CN1CCCS(=O)(=O)CC1. The molecule has 112 valence electrons. The van der Waals surface area contributed by atoms with E-state index in [0.717, 1.165) is 32.6 Å². The van der Waals surface area contributed by atoms with Gasteiger partial charge in [0.1, 0.15) is 0 Å². The quantitative estimate of drug-likeness (QED) is 0.828. The Balaban J connectivity index is 1.82. The molecule has 1 N–H and O–H groups in total. The van der Waals surface area contributed by atoms with Crippen LogP contribution in [0.25, 0.3) is 0 Å². The molecule has 0 spiro atoms. The minimum absolute atomic E-state index is 0.354. The van der Waals surface area contributed by atoms with Crippen LogP contribution < -0.4 is 5.32 Å². The summed E-state index contributed by atoms with van der Waals surface area (Å²) in [5.74, 6) is 1.45. The monoisotopic (exact) mass is 288 g/mol. The molecule has 2 fully saturated rings. The van der Waals surface area contributed by atoms with Gasteiger partial charge in [0.05, 0.1) is 11.5 Å². The molecule has 1 saturated heterocycles. The predicted molar refractivity (Wildman–Crippen MR) is 79.1 cm³/mol. The summed E-state index contributed by atoms with van der Waals surface area (Å²) in [6, 6.07) is 0.653. The topological polar surface area (TPSA) is 49.4 Å². The molecule has 0 aromatic carbocycles. The Morgan fingerprint density at radius 3 is 2.79 bits per heavy atom. The van der Waals surface area contributed by atoms with Crippen LogP contribution in [0.5, 0.6) is 0 Å². The van der Waals surface area contributed by atoms with Crippen LogP contribution in [0.15, 0.2) is 0 Å². The summed E-state index contributed by atoms with van der Waals surface area (Å²) in [4.78, 5) is 2.38. The van der Waals surface area contributed by atoms with Crippen molar-refractivity contribution in [2.75, 3.05) is 37.7 Å². The van der Waals surface area contributed by atoms with Gasteiger partial charge in [-0.1, -0.05) is 13.3 Å². The van der Waals surface area contributed by atoms with Crippen molar-refractivity contribution in [2.24, 2.45) is 5.92 Å². The second kappa shape index (κ2) is 7.04. The minimum atomic E-state index is -2.77. The molecule has 2 atom stereocenters. The number of sulfone groups is 1. The lowest BCUT2D eigenvalue weighted by molar-refractivity contribution is 0.226. The molecule has 5 heteroatoms. The summed E-state index contributed by atoms with van der Waals surface area (Å²) in [6.07, 6.45) is 5.90. The molecule has 1 aliphatic carbocycles. The van der Waals surface area contributed by atoms with Crippen molar-refractivity contribution < 1.29 is 8.42 Å². The third-order valence-electron chi connectivity index (χ3n) is 4.46. The highest BCUT2D eigenvalue weighted by molar-refractivity contribution is 7.91. The molecule has 2 rings (SSSR count). The second-order valence-electron chi connectivity index (χ2n) is 6.06. The van der Waals surface area contributed by atoms with E-state index in [0.29, 0.717) is 23.5 Å². The van der Waals surface area contributed by atoms with Crippen LogP contribution in [0.2, 0.25) is 0 Å². The maximum absolute atomic E-state index is 11.6. The van der Waals surface area contributed by atoms with Crippen LogP contribution in [0.3, 0.4) is 0 Å². The van der Waals surface area contributed by atoms with Gasteiger partial charge in [0, 0.05) is 19.1 Å². The smallest absolute Gasteiger partial charge is 0.151 e. The van der Waals surface area contributed by atoms with Gasteiger partial charge in [0.15, 0.2) is 9.84 Å². The van der Waals surface area contributed by atoms with E-state index in [1.807, 2.05) is 0 Å². The van der Waals surface area contributed by atoms with Gasteiger partial charge < -0.3 is 10.2 Å². The number of nitrogens with zero attached hydrogens (tertiary/aromatic N) is 1. The van der Waals surface area contributed by atoms with Crippen molar-refractivity contribution in [3.8, 4) is 0 Å². The molecule has 19 heavy (non-hydrogen) atoms. The van der Waals surface area contributed by atoms with E-state index >= 15 is 0 Å². The molecule has 1 aliphatic heterocycles. The molecule has 0 amide bonds. The summed E-state index contributed by atoms with van der Waals surface area (Å²) in [7, 11) is -2.77. The molecule has 1 saturated carbocycles. The first kappa shape index (κ1) is 15.3. The standard InChI is InChI=1S/C14H28N2O2S/c1-2-7-15-14-6-3-5-13(14)12-16-8-4-10-19(17,18)11-9-16/h13-15H,2-12H2,1H3. The van der Waals surface area contributed by atoms with Gasteiger partial charge in [-0.3, -0.25) is 0 Å². The zero-order chi connectivity index (χ0) is 13.7. The maximum atomic E-state index is 11.6. The highest BCUT2D eigenvalue weighted by atomic mass is 32.2. The molecule has 0 aromatic rings. The Hall–Kier alpha value is -0.130. The predicted octanol–water partition coefficient (Wildman–Crippen LogP) is 1.28. The summed E-state index contributed by atoms with van der Waals surface area (Å²) in [5.41, 5.74) is 0. The van der Waals surface area contributed by atoms with Crippen molar-refractivity contribution in [3.63, 3.8) is 0 Å². The van der Waals surface area contributed by atoms with E-state index < -0.39 is 9.84 Å². The van der Waals surface area contributed by atoms with Crippen LogP contribution >= 0.6 is 0 Å². The van der Waals surface area contributed by atoms with Gasteiger partial charge in [0.25, 0.3) is 0 Å². The fourth-order valence-corrected chi connectivity index (χ4v) is 4.67. The normalized spacial score (nSPS) is 32.3. The Kier molecular flexibility index (Phi) is 5.66. The Bertz CT molecular complexity index is 370. The maximum Gasteiger partial charge on any atom is 0.151 e. The van der Waals surface area contributed by atoms with Gasteiger partial charge in [-0.25, -0.2) is 8.42 Å². The van der Waals surface area contributed by atoms with Crippen molar-refractivity contribution in [1.29, 1.82) is 0 Å². The van der Waals surface area contributed by atoms with Gasteiger partial charge in [-0.05, 0) is 44.7 Å². The second-order valence-corrected chi connectivity index (χ2v) is 8.36. The van der Waals surface area contributed by atoms with E-state index in [1.165, 1.54) is 25.7 Å². The zero-order valence-electron chi connectivity index (χ0n) is 12.1. The zero-order valence-corrected chi connectivity index (χ0v) is 12.9. The summed E-state index contributed by atoms with van der Waals surface area (Å²) >= 11 is 0. The van der Waals surface area contributed by atoms with Crippen LogP contribution in [0.1, 0.15) is 39.0 Å². The average Bonchev–Trinajstić information content (AvgIpc) is 2.72. The minimum Gasteiger partial charge on any atom is -0.314 e. The number of hydrogen-bond acceptors (Lipinski definition) is 4. The van der Waals surface area contributed by atoms with Crippen molar-refractivity contribution in [3.05, 3.63) is 0 Å². The first-order valence-corrected chi connectivity index (χ1v) is 9.59. The van der Waals surface area contributed by atoms with Gasteiger partial charge in [-0.15, -0.1) is 0 Å². The lowest BCUT2D eigenvalue weighted by Crippen LogP contribution is -2.40. The third-order valence-corrected chi connectivity index (χ3v) is 6.17. The first-order valence-electron chi connectivity index (χ1n) is 7.77. The molecule has 4 nitrogen and oxygen atoms in total. The van der Waals surface area contributed by atoms with Crippen LogP contribution in [-0.4, -0.2) is 57.0 Å². The molecule has 2 unspecified atom stereocenters. The lowest BCUT2D eigenvalue weighted by atomic mass is 10.0. The number of rotatable bonds is 5. The lowest BCUT2D eigenvalue weighted by Gasteiger charge is -2.27. The fraction of sp³-hybridized carbons (Fsp3) is 1.00. The summed E-state index contributed by atoms with van der Waals surface area (Å²) in [5, 5.41) is 3.66. The van der Waals surface area contributed by atoms with Gasteiger partial charge in [-0.2, -0.15) is 0 Å². The van der Waals surface area contributed by atoms with Crippen molar-refractivity contribution in [2.45, 2.75) is 45.1 Å². The van der Waals surface area contributed by atoms with Gasteiger partial charge in [0.2, 0.25) is 0 Å². The van der Waals surface area contributed by atoms with Crippen molar-refractivity contribution >= 4 is 9.84 Å². The van der Waals surface area contributed by atoms with Crippen LogP contribution in [0.4, 0.5) is 0 Å². The Morgan fingerprint density at radius 1 is 1.16 bits per heavy atom. The fourth-order valence-electron chi connectivity index (χ4n) is 3.36. The number of hydrogen-bond donors (Lipinski definition) is 1. The van der Waals surface area contributed by atoms with E-state index in [9.17, 15) is 8.42 Å². The van der Waals surface area contributed by atoms with Gasteiger partial charge >= 0.3 is 0 Å². The Labute approximate surface area is 117 Å². The molecule has 0 aromatic heterocycles. The molecular formula is C14H28N2O2S. The van der Waals surface area contributed by atoms with Crippen LogP contribution in [0, 0.1) is 5.92 Å². The van der Waals surface area contributed by atoms with Crippen LogP contribution in [-0.2, 0) is 9.84 Å². The Morgan fingerprint density at radius 2 is 2.00 bits per heavy atom. The summed E-state index contributed by atoms with van der Waals surface area (Å²) in [6.45, 7) is 6.08. The molecule has 2 aliphatic rings. The first-order chi connectivity index (χ1) is 9.11. The molecule has 0 radical (unpaired) electrons. The van der Waals surface area contributed by atoms with E-state index in [4.69, 9.17) is 0 Å². The van der Waals surface area contributed by atoms with Crippen molar-refractivity contribution in [1.82, 2.24) is 10.2 Å². The largest absolute Gasteiger partial charge is 0.314 e. The van der Waals surface area contributed by atoms with E-state index in [-0.39, 0.29) is 0 Å². The molecule has 1 heterocycles. The highest BCUT2D eigenvalue weighted by Crippen LogP contribution is 2.27. The molecule has 0 bridgehead atoms. The highest BCUT2D eigenvalue weighted by Gasteiger charge is 2.29. The number of nitrogens with one attached hydrogen (secondary N) is 1. The average molecular weight is 288 g/mol.